The van der Waals surface area contributed by atoms with Gasteiger partial charge in [0, 0.05) is 17.1 Å². The lowest BCUT2D eigenvalue weighted by Gasteiger charge is -2.26. The van der Waals surface area contributed by atoms with E-state index in [1.54, 1.807) is 36.4 Å². The largest absolute Gasteiger partial charge is 0.507 e. The van der Waals surface area contributed by atoms with Crippen molar-refractivity contribution in [3.8, 4) is 0 Å². The van der Waals surface area contributed by atoms with Crippen LogP contribution in [0, 0.1) is 0 Å². The number of furan rings is 1. The van der Waals surface area contributed by atoms with Gasteiger partial charge in [-0.15, -0.1) is 0 Å². The topological polar surface area (TPSA) is 74.0 Å². The summed E-state index contributed by atoms with van der Waals surface area (Å²) in [6, 6.07) is 9.22. The smallest absolute Gasteiger partial charge is 0.295 e. The van der Waals surface area contributed by atoms with Gasteiger partial charge in [0.05, 0.1) is 11.8 Å². The highest BCUT2D eigenvalue weighted by Crippen LogP contribution is 2.39. The molecule has 1 aliphatic rings. The van der Waals surface area contributed by atoms with Crippen molar-refractivity contribution in [1.82, 2.24) is 9.80 Å². The Balaban J connectivity index is 1.83. The van der Waals surface area contributed by atoms with Crippen molar-refractivity contribution in [2.24, 2.45) is 0 Å². The van der Waals surface area contributed by atoms with Crippen molar-refractivity contribution in [3.63, 3.8) is 0 Å². The average Bonchev–Trinajstić information content (AvgIpc) is 3.43. The first kappa shape index (κ1) is 25.1. The molecule has 1 aromatic carbocycles. The van der Waals surface area contributed by atoms with E-state index in [-0.39, 0.29) is 11.3 Å². The van der Waals surface area contributed by atoms with E-state index in [1.807, 2.05) is 0 Å². The lowest BCUT2D eigenvalue weighted by molar-refractivity contribution is -0.140. The first-order chi connectivity index (χ1) is 16.0. The van der Waals surface area contributed by atoms with E-state index in [9.17, 15) is 14.7 Å². The van der Waals surface area contributed by atoms with Gasteiger partial charge in [0.15, 0.2) is 0 Å². The highest BCUT2D eigenvalue weighted by Gasteiger charge is 2.47. The number of carbonyl (C=O) groups excluding carboxylic acids is 2. The van der Waals surface area contributed by atoms with E-state index in [4.69, 9.17) is 16.0 Å². The van der Waals surface area contributed by atoms with Crippen LogP contribution in [0.2, 0.25) is 5.02 Å². The molecule has 0 bridgehead atoms. The third-order valence-corrected chi connectivity index (χ3v) is 6.25. The Morgan fingerprint density at radius 2 is 1.67 bits per heavy atom. The van der Waals surface area contributed by atoms with Crippen LogP contribution in [0.4, 0.5) is 0 Å². The molecule has 1 aliphatic heterocycles. The lowest BCUT2D eigenvalue weighted by Crippen LogP contribution is -2.34. The SMILES string of the molecule is CCCCN(CCCC)CCCN1C(=O)C(=O)C(=C(O)c2ccc(Cl)cc2)[C@H]1c1ccco1. The number of likely N-dealkylation sites (tertiary alicyclic amines) is 1. The van der Waals surface area contributed by atoms with Crippen LogP contribution in [-0.4, -0.2) is 52.8 Å². The molecular formula is C26H33ClN2O4. The van der Waals surface area contributed by atoms with Gasteiger partial charge in [-0.25, -0.2) is 0 Å². The van der Waals surface area contributed by atoms with Crippen LogP contribution < -0.4 is 0 Å². The van der Waals surface area contributed by atoms with Gasteiger partial charge in [-0.05, 0) is 75.3 Å². The van der Waals surface area contributed by atoms with Gasteiger partial charge in [0.1, 0.15) is 17.6 Å². The maximum absolute atomic E-state index is 13.0. The molecule has 178 valence electrons. The molecule has 0 radical (unpaired) electrons. The summed E-state index contributed by atoms with van der Waals surface area (Å²) >= 11 is 5.96. The van der Waals surface area contributed by atoms with Crippen LogP contribution in [0.3, 0.4) is 0 Å². The molecule has 1 N–H and O–H groups in total. The number of Topliss-reactive ketones (excluding diaryl/α,β-unsaturated/α-hetero) is 1. The highest BCUT2D eigenvalue weighted by molar-refractivity contribution is 6.46. The van der Waals surface area contributed by atoms with Crippen molar-refractivity contribution in [2.75, 3.05) is 26.2 Å². The molecule has 7 heteroatoms. The van der Waals surface area contributed by atoms with Gasteiger partial charge in [0.2, 0.25) is 0 Å². The predicted molar refractivity (Wildman–Crippen MR) is 130 cm³/mol. The molecule has 0 saturated carbocycles. The number of aliphatic hydroxyl groups is 1. The molecule has 6 nitrogen and oxygen atoms in total. The molecule has 2 heterocycles. The predicted octanol–water partition coefficient (Wildman–Crippen LogP) is 5.65. The normalized spacial score (nSPS) is 17.9. The van der Waals surface area contributed by atoms with Crippen molar-refractivity contribution in [2.45, 2.75) is 52.0 Å². The van der Waals surface area contributed by atoms with Crippen molar-refractivity contribution >= 4 is 29.1 Å². The molecule has 1 amide bonds. The Morgan fingerprint density at radius 1 is 1.03 bits per heavy atom. The van der Waals surface area contributed by atoms with E-state index in [0.717, 1.165) is 51.7 Å². The number of rotatable bonds is 12. The number of unbranched alkanes of at least 4 members (excludes halogenated alkanes) is 2. The summed E-state index contributed by atoms with van der Waals surface area (Å²) in [5.41, 5.74) is 0.477. The Labute approximate surface area is 200 Å². The van der Waals surface area contributed by atoms with Gasteiger partial charge in [0.25, 0.3) is 11.7 Å². The fourth-order valence-electron chi connectivity index (χ4n) is 4.18. The number of ketones is 1. The van der Waals surface area contributed by atoms with Gasteiger partial charge in [-0.1, -0.05) is 38.3 Å². The Bertz CT molecular complexity index is 945. The lowest BCUT2D eigenvalue weighted by atomic mass is 9.99. The number of nitrogens with zero attached hydrogens (tertiary/aromatic N) is 2. The monoisotopic (exact) mass is 472 g/mol. The number of benzene rings is 1. The average molecular weight is 473 g/mol. The van der Waals surface area contributed by atoms with Crippen LogP contribution >= 0.6 is 11.6 Å². The van der Waals surface area contributed by atoms with Gasteiger partial charge in [-0.3, -0.25) is 9.59 Å². The first-order valence-electron chi connectivity index (χ1n) is 11.8. The van der Waals surface area contributed by atoms with Crippen LogP contribution in [-0.2, 0) is 9.59 Å². The number of carbonyl (C=O) groups is 2. The zero-order chi connectivity index (χ0) is 23.8. The van der Waals surface area contributed by atoms with E-state index in [1.165, 1.54) is 11.2 Å². The van der Waals surface area contributed by atoms with Crippen molar-refractivity contribution in [1.29, 1.82) is 0 Å². The summed E-state index contributed by atoms with van der Waals surface area (Å²) in [5, 5.41) is 11.5. The van der Waals surface area contributed by atoms with Crippen molar-refractivity contribution < 1.29 is 19.1 Å². The number of hydrogen-bond acceptors (Lipinski definition) is 5. The minimum absolute atomic E-state index is 0.0473. The summed E-state index contributed by atoms with van der Waals surface area (Å²) in [6.07, 6.45) is 6.80. The molecule has 1 fully saturated rings. The summed E-state index contributed by atoms with van der Waals surface area (Å²) in [6.45, 7) is 7.69. The van der Waals surface area contributed by atoms with E-state index < -0.39 is 17.7 Å². The minimum atomic E-state index is -0.754. The Morgan fingerprint density at radius 3 is 2.24 bits per heavy atom. The third-order valence-electron chi connectivity index (χ3n) is 6.00. The fraction of sp³-hybridized carbons (Fsp3) is 0.462. The molecule has 3 rings (SSSR count). The number of aliphatic hydroxyl groups excluding tert-OH is 1. The Kier molecular flexibility index (Phi) is 9.15. The van der Waals surface area contributed by atoms with E-state index in [0.29, 0.717) is 22.9 Å². The summed E-state index contributed by atoms with van der Waals surface area (Å²) in [5.74, 6) is -1.07. The van der Waals surface area contributed by atoms with Crippen LogP contribution in [0.1, 0.15) is 63.3 Å². The molecule has 0 unspecified atom stereocenters. The Hall–Kier alpha value is -2.57. The van der Waals surface area contributed by atoms with Crippen LogP contribution in [0.15, 0.2) is 52.7 Å². The minimum Gasteiger partial charge on any atom is -0.507 e. The number of hydrogen-bond donors (Lipinski definition) is 1. The standard InChI is InChI=1S/C26H33ClN2O4/c1-3-5-14-28(15-6-4-2)16-8-17-29-23(21-9-7-18-33-21)22(25(31)26(29)32)24(30)19-10-12-20(27)13-11-19/h7,9-13,18,23,30H,3-6,8,14-17H2,1-2H3/t23-/m1/s1. The molecule has 1 atom stereocenters. The summed E-state index contributed by atoms with van der Waals surface area (Å²) < 4.78 is 5.59. The second kappa shape index (κ2) is 12.1. The van der Waals surface area contributed by atoms with E-state index in [2.05, 4.69) is 18.7 Å². The maximum atomic E-state index is 13.0. The third kappa shape index (κ3) is 6.06. The van der Waals surface area contributed by atoms with Crippen LogP contribution in [0.5, 0.6) is 0 Å². The summed E-state index contributed by atoms with van der Waals surface area (Å²) in [4.78, 5) is 29.9. The van der Waals surface area contributed by atoms with Crippen LogP contribution in [0.25, 0.3) is 5.76 Å². The first-order valence-corrected chi connectivity index (χ1v) is 12.2. The summed E-state index contributed by atoms with van der Waals surface area (Å²) in [7, 11) is 0. The zero-order valence-corrected chi connectivity index (χ0v) is 20.2. The second-order valence-electron chi connectivity index (χ2n) is 8.42. The fourth-order valence-corrected chi connectivity index (χ4v) is 4.31. The number of halogens is 1. The molecule has 0 spiro atoms. The van der Waals surface area contributed by atoms with Gasteiger partial charge < -0.3 is 19.3 Å². The van der Waals surface area contributed by atoms with Crippen molar-refractivity contribution in [3.05, 3.63) is 64.6 Å². The molecule has 1 aromatic heterocycles. The molecule has 33 heavy (non-hydrogen) atoms. The molecule has 0 aliphatic carbocycles. The van der Waals surface area contributed by atoms with E-state index >= 15 is 0 Å². The van der Waals surface area contributed by atoms with Gasteiger partial charge in [-0.2, -0.15) is 0 Å². The quantitative estimate of drug-likeness (QED) is 0.245. The maximum Gasteiger partial charge on any atom is 0.295 e. The highest BCUT2D eigenvalue weighted by atomic mass is 35.5. The van der Waals surface area contributed by atoms with Gasteiger partial charge >= 0.3 is 0 Å². The number of amides is 1. The molecule has 2 aromatic rings. The second-order valence-corrected chi connectivity index (χ2v) is 8.85. The molecule has 1 saturated heterocycles. The zero-order valence-electron chi connectivity index (χ0n) is 19.4. The molecular weight excluding hydrogens is 440 g/mol.